The van der Waals surface area contributed by atoms with Crippen molar-refractivity contribution in [3.63, 3.8) is 0 Å². The van der Waals surface area contributed by atoms with Crippen molar-refractivity contribution >= 4 is 0 Å². The maximum atomic E-state index is 6.33. The molecule has 1 heterocycles. The minimum Gasteiger partial charge on any atom is -0.329 e. The molecule has 3 heteroatoms. The zero-order chi connectivity index (χ0) is 15.7. The van der Waals surface area contributed by atoms with Gasteiger partial charge >= 0.3 is 0 Å². The van der Waals surface area contributed by atoms with E-state index in [0.717, 1.165) is 18.5 Å². The molecule has 2 fully saturated rings. The molecule has 1 saturated heterocycles. The molecule has 21 heavy (non-hydrogen) atoms. The summed E-state index contributed by atoms with van der Waals surface area (Å²) in [5, 5.41) is 0. The average Bonchev–Trinajstić information content (AvgIpc) is 2.88. The summed E-state index contributed by atoms with van der Waals surface area (Å²) in [5.74, 6) is 0.796. The highest BCUT2D eigenvalue weighted by molar-refractivity contribution is 5.04. The first-order valence-electron chi connectivity index (χ1n) is 9.05. The van der Waals surface area contributed by atoms with E-state index >= 15 is 0 Å². The summed E-state index contributed by atoms with van der Waals surface area (Å²) in [5.41, 5.74) is 7.02. The van der Waals surface area contributed by atoms with E-state index in [-0.39, 0.29) is 5.54 Å². The van der Waals surface area contributed by atoms with E-state index in [1.807, 2.05) is 0 Å². The highest BCUT2D eigenvalue weighted by Gasteiger charge is 2.47. The van der Waals surface area contributed by atoms with Crippen LogP contribution in [0.2, 0.25) is 0 Å². The zero-order valence-corrected chi connectivity index (χ0v) is 15.0. The minimum atomic E-state index is 0.253. The van der Waals surface area contributed by atoms with Crippen LogP contribution in [-0.4, -0.2) is 54.1 Å². The molecule has 3 nitrogen and oxygen atoms in total. The fraction of sp³-hybridized carbons (Fsp3) is 1.00. The van der Waals surface area contributed by atoms with Crippen molar-refractivity contribution in [3.8, 4) is 0 Å². The van der Waals surface area contributed by atoms with Crippen LogP contribution < -0.4 is 5.73 Å². The second-order valence-corrected chi connectivity index (χ2v) is 8.39. The second-order valence-electron chi connectivity index (χ2n) is 8.39. The maximum absolute atomic E-state index is 6.33. The molecule has 1 saturated carbocycles. The van der Waals surface area contributed by atoms with Gasteiger partial charge < -0.3 is 5.73 Å². The zero-order valence-electron chi connectivity index (χ0n) is 15.0. The highest BCUT2D eigenvalue weighted by atomic mass is 15.3. The number of rotatable bonds is 5. The average molecular weight is 296 g/mol. The summed E-state index contributed by atoms with van der Waals surface area (Å²) in [4.78, 5) is 5.38. The van der Waals surface area contributed by atoms with Crippen molar-refractivity contribution in [3.05, 3.63) is 0 Å². The van der Waals surface area contributed by atoms with Crippen molar-refractivity contribution in [2.24, 2.45) is 17.1 Å². The van der Waals surface area contributed by atoms with Crippen LogP contribution in [0, 0.1) is 11.3 Å². The van der Waals surface area contributed by atoms with Crippen molar-refractivity contribution < 1.29 is 0 Å². The molecule has 2 N–H and O–H groups in total. The molecule has 3 atom stereocenters. The lowest BCUT2D eigenvalue weighted by molar-refractivity contribution is -0.00200. The SMILES string of the molecule is CCN(CC)C1CCN(C2(CN)CC(C)CC(C)(C)C2)C1. The molecule has 0 aromatic rings. The Balaban J connectivity index is 2.11. The molecule has 0 aromatic carbocycles. The van der Waals surface area contributed by atoms with Gasteiger partial charge in [0.15, 0.2) is 0 Å². The van der Waals surface area contributed by atoms with Gasteiger partial charge in [-0.3, -0.25) is 9.80 Å². The normalized spacial score (nSPS) is 37.3. The van der Waals surface area contributed by atoms with Crippen molar-refractivity contribution in [2.45, 2.75) is 71.9 Å². The van der Waals surface area contributed by atoms with Crippen LogP contribution in [0.3, 0.4) is 0 Å². The van der Waals surface area contributed by atoms with Crippen LogP contribution in [0.4, 0.5) is 0 Å². The molecule has 0 spiro atoms. The smallest absolute Gasteiger partial charge is 0.0340 e. The lowest BCUT2D eigenvalue weighted by Gasteiger charge is -2.52. The van der Waals surface area contributed by atoms with E-state index < -0.39 is 0 Å². The van der Waals surface area contributed by atoms with Crippen LogP contribution in [-0.2, 0) is 0 Å². The maximum Gasteiger partial charge on any atom is 0.0340 e. The Labute approximate surface area is 132 Å². The fourth-order valence-corrected chi connectivity index (χ4v) is 5.44. The Morgan fingerprint density at radius 1 is 1.19 bits per heavy atom. The fourth-order valence-electron chi connectivity index (χ4n) is 5.44. The number of likely N-dealkylation sites (tertiary alicyclic amines) is 1. The number of nitrogens with two attached hydrogens (primary N) is 1. The predicted molar refractivity (Wildman–Crippen MR) is 91.5 cm³/mol. The molecule has 2 aliphatic rings. The van der Waals surface area contributed by atoms with Crippen LogP contribution >= 0.6 is 0 Å². The van der Waals surface area contributed by atoms with E-state index in [2.05, 4.69) is 44.4 Å². The summed E-state index contributed by atoms with van der Waals surface area (Å²) >= 11 is 0. The summed E-state index contributed by atoms with van der Waals surface area (Å²) in [6.07, 6.45) is 5.23. The van der Waals surface area contributed by atoms with Crippen LogP contribution in [0.15, 0.2) is 0 Å². The topological polar surface area (TPSA) is 32.5 Å². The molecule has 0 amide bonds. The van der Waals surface area contributed by atoms with E-state index in [1.165, 1.54) is 51.9 Å². The standard InChI is InChI=1S/C18H37N3/c1-6-20(7-2)16-8-9-21(12-16)18(14-19)11-15(3)10-17(4,5)13-18/h15-16H,6-14,19H2,1-5H3. The van der Waals surface area contributed by atoms with Crippen molar-refractivity contribution in [2.75, 3.05) is 32.7 Å². The van der Waals surface area contributed by atoms with E-state index in [4.69, 9.17) is 5.73 Å². The molecular weight excluding hydrogens is 258 g/mol. The van der Waals surface area contributed by atoms with Crippen LogP contribution in [0.25, 0.3) is 0 Å². The summed E-state index contributed by atoms with van der Waals surface area (Å²) in [7, 11) is 0. The first-order valence-corrected chi connectivity index (χ1v) is 9.05. The Morgan fingerprint density at radius 3 is 2.38 bits per heavy atom. The number of nitrogens with zero attached hydrogens (tertiary/aromatic N) is 2. The number of likely N-dealkylation sites (N-methyl/N-ethyl adjacent to an activating group) is 1. The summed E-state index contributed by atoms with van der Waals surface area (Å²) < 4.78 is 0. The van der Waals surface area contributed by atoms with Crippen LogP contribution in [0.5, 0.6) is 0 Å². The third kappa shape index (κ3) is 3.62. The monoisotopic (exact) mass is 295 g/mol. The highest BCUT2D eigenvalue weighted by Crippen LogP contribution is 2.47. The van der Waals surface area contributed by atoms with Gasteiger partial charge in [-0.1, -0.05) is 34.6 Å². The first kappa shape index (κ1) is 17.2. The van der Waals surface area contributed by atoms with Gasteiger partial charge in [-0.05, 0) is 50.1 Å². The quantitative estimate of drug-likeness (QED) is 0.846. The molecule has 3 unspecified atom stereocenters. The van der Waals surface area contributed by atoms with Crippen LogP contribution in [0.1, 0.15) is 60.3 Å². The molecule has 1 aliphatic carbocycles. The second kappa shape index (κ2) is 6.55. The lowest BCUT2D eigenvalue weighted by atomic mass is 9.63. The van der Waals surface area contributed by atoms with Gasteiger partial charge in [-0.15, -0.1) is 0 Å². The Hall–Kier alpha value is -0.120. The Kier molecular flexibility index (Phi) is 5.38. The molecule has 0 bridgehead atoms. The summed E-state index contributed by atoms with van der Waals surface area (Å²) in [6, 6.07) is 0.740. The first-order chi connectivity index (χ1) is 9.85. The van der Waals surface area contributed by atoms with Crippen molar-refractivity contribution in [1.82, 2.24) is 9.80 Å². The lowest BCUT2D eigenvalue weighted by Crippen LogP contribution is -2.58. The van der Waals surface area contributed by atoms with Gasteiger partial charge in [-0.25, -0.2) is 0 Å². The summed E-state index contributed by atoms with van der Waals surface area (Å²) in [6.45, 7) is 17.5. The van der Waals surface area contributed by atoms with Gasteiger partial charge in [0, 0.05) is 31.2 Å². The third-order valence-electron chi connectivity index (χ3n) is 5.98. The van der Waals surface area contributed by atoms with E-state index in [1.54, 1.807) is 0 Å². The number of hydrogen-bond donors (Lipinski definition) is 1. The van der Waals surface area contributed by atoms with Gasteiger partial charge in [-0.2, -0.15) is 0 Å². The molecule has 124 valence electrons. The largest absolute Gasteiger partial charge is 0.329 e. The molecule has 0 aromatic heterocycles. The Bertz CT molecular complexity index is 337. The van der Waals surface area contributed by atoms with E-state index in [9.17, 15) is 0 Å². The van der Waals surface area contributed by atoms with Gasteiger partial charge in [0.1, 0.15) is 0 Å². The molecule has 1 aliphatic heterocycles. The minimum absolute atomic E-state index is 0.253. The molecule has 2 rings (SSSR count). The predicted octanol–water partition coefficient (Wildman–Crippen LogP) is 2.95. The molecule has 0 radical (unpaired) electrons. The van der Waals surface area contributed by atoms with Gasteiger partial charge in [0.05, 0.1) is 0 Å². The third-order valence-corrected chi connectivity index (χ3v) is 5.98. The number of hydrogen-bond acceptors (Lipinski definition) is 3. The van der Waals surface area contributed by atoms with Gasteiger partial charge in [0.25, 0.3) is 0 Å². The van der Waals surface area contributed by atoms with Gasteiger partial charge in [0.2, 0.25) is 0 Å². The van der Waals surface area contributed by atoms with E-state index in [0.29, 0.717) is 5.41 Å². The van der Waals surface area contributed by atoms with Crippen molar-refractivity contribution in [1.29, 1.82) is 0 Å². The molecular formula is C18H37N3. The Morgan fingerprint density at radius 2 is 1.86 bits per heavy atom.